The van der Waals surface area contributed by atoms with Crippen LogP contribution in [0.5, 0.6) is 0 Å². The predicted octanol–water partition coefficient (Wildman–Crippen LogP) is -0.517. The highest BCUT2D eigenvalue weighted by Crippen LogP contribution is 2.14. The van der Waals surface area contributed by atoms with Crippen LogP contribution in [0.15, 0.2) is 0 Å². The van der Waals surface area contributed by atoms with Crippen molar-refractivity contribution in [2.75, 3.05) is 6.54 Å². The summed E-state index contributed by atoms with van der Waals surface area (Å²) in [7, 11) is 0. The van der Waals surface area contributed by atoms with Gasteiger partial charge in [0.1, 0.15) is 0 Å². The molecular weight excluding hydrogens is 144 g/mol. The molecule has 1 heterocycles. The topological polar surface area (TPSA) is 63.4 Å². The molecule has 1 fully saturated rings. The number of carbonyl (C=O) groups is 2. The van der Waals surface area contributed by atoms with Crippen molar-refractivity contribution < 1.29 is 9.59 Å². The van der Waals surface area contributed by atoms with Gasteiger partial charge in [-0.1, -0.05) is 0 Å². The summed E-state index contributed by atoms with van der Waals surface area (Å²) in [6.07, 6.45) is 0.701. The number of carbonyl (C=O) groups excluding carboxylic acids is 2. The van der Waals surface area contributed by atoms with Crippen LogP contribution in [0.2, 0.25) is 0 Å². The molecule has 0 spiro atoms. The van der Waals surface area contributed by atoms with Gasteiger partial charge in [-0.2, -0.15) is 0 Å². The van der Waals surface area contributed by atoms with Crippen molar-refractivity contribution >= 4 is 11.8 Å². The molecule has 0 unspecified atom stereocenters. The van der Waals surface area contributed by atoms with Gasteiger partial charge in [-0.05, 0) is 6.92 Å². The van der Waals surface area contributed by atoms with Crippen molar-refractivity contribution in [2.45, 2.75) is 25.8 Å². The maximum atomic E-state index is 11.0. The van der Waals surface area contributed by atoms with Gasteiger partial charge in [-0.3, -0.25) is 14.5 Å². The van der Waals surface area contributed by atoms with E-state index in [1.165, 1.54) is 4.90 Å². The first kappa shape index (κ1) is 8.20. The van der Waals surface area contributed by atoms with Crippen molar-refractivity contribution in [1.82, 2.24) is 4.90 Å². The van der Waals surface area contributed by atoms with Crippen molar-refractivity contribution in [1.29, 1.82) is 0 Å². The molecule has 1 aliphatic heterocycles. The van der Waals surface area contributed by atoms with E-state index < -0.39 is 0 Å². The largest absolute Gasteiger partial charge is 0.328 e. The number of hydrogen-bond acceptors (Lipinski definition) is 3. The summed E-state index contributed by atoms with van der Waals surface area (Å²) in [4.78, 5) is 23.3. The fourth-order valence-corrected chi connectivity index (χ4v) is 1.19. The van der Waals surface area contributed by atoms with Gasteiger partial charge in [-0.15, -0.1) is 0 Å². The van der Waals surface area contributed by atoms with Crippen LogP contribution in [0.3, 0.4) is 0 Å². The number of imide groups is 1. The second-order valence-corrected chi connectivity index (χ2v) is 2.74. The minimum Gasteiger partial charge on any atom is -0.328 e. The van der Waals surface area contributed by atoms with E-state index in [4.69, 9.17) is 5.73 Å². The van der Waals surface area contributed by atoms with Crippen LogP contribution >= 0.6 is 0 Å². The Bertz CT molecular complexity index is 175. The molecule has 0 aromatic rings. The van der Waals surface area contributed by atoms with E-state index in [1.54, 1.807) is 6.92 Å². The van der Waals surface area contributed by atoms with E-state index in [9.17, 15) is 9.59 Å². The standard InChI is InChI=1S/C7H12N2O2/c1-5(4-8)9-6(10)2-3-7(9)11/h5H,2-4,8H2,1H3/t5-/m1/s1. The predicted molar refractivity (Wildman–Crippen MR) is 39.6 cm³/mol. The van der Waals surface area contributed by atoms with Gasteiger partial charge in [0.05, 0.1) is 0 Å². The average Bonchev–Trinajstić information content (AvgIpc) is 2.30. The molecule has 1 aliphatic rings. The van der Waals surface area contributed by atoms with E-state index in [0.717, 1.165) is 0 Å². The Kier molecular flexibility index (Phi) is 2.24. The maximum absolute atomic E-state index is 11.0. The quantitative estimate of drug-likeness (QED) is 0.547. The van der Waals surface area contributed by atoms with Gasteiger partial charge in [0, 0.05) is 25.4 Å². The molecule has 0 radical (unpaired) electrons. The Morgan fingerprint density at radius 1 is 1.45 bits per heavy atom. The van der Waals surface area contributed by atoms with Crippen LogP contribution in [0, 0.1) is 0 Å². The number of likely N-dealkylation sites (tertiary alicyclic amines) is 1. The first-order chi connectivity index (χ1) is 5.16. The van der Waals surface area contributed by atoms with Crippen LogP contribution in [0.1, 0.15) is 19.8 Å². The summed E-state index contributed by atoms with van der Waals surface area (Å²) in [5.74, 6) is -0.180. The SMILES string of the molecule is C[C@H](CN)N1C(=O)CCC1=O. The lowest BCUT2D eigenvalue weighted by Crippen LogP contribution is -2.41. The zero-order valence-corrected chi connectivity index (χ0v) is 6.54. The summed E-state index contributed by atoms with van der Waals surface area (Å²) >= 11 is 0. The van der Waals surface area contributed by atoms with Gasteiger partial charge in [0.15, 0.2) is 0 Å². The van der Waals surface area contributed by atoms with Crippen LogP contribution in [-0.4, -0.2) is 29.3 Å². The van der Waals surface area contributed by atoms with Crippen LogP contribution in [-0.2, 0) is 9.59 Å². The van der Waals surface area contributed by atoms with E-state index in [2.05, 4.69) is 0 Å². The third kappa shape index (κ3) is 1.40. The van der Waals surface area contributed by atoms with Gasteiger partial charge >= 0.3 is 0 Å². The van der Waals surface area contributed by atoms with E-state index in [1.807, 2.05) is 0 Å². The Balaban J connectivity index is 2.68. The molecule has 2 N–H and O–H groups in total. The zero-order chi connectivity index (χ0) is 8.43. The maximum Gasteiger partial charge on any atom is 0.229 e. The molecule has 11 heavy (non-hydrogen) atoms. The first-order valence-electron chi connectivity index (χ1n) is 3.71. The molecule has 2 amide bonds. The molecule has 0 aromatic carbocycles. The number of amides is 2. The lowest BCUT2D eigenvalue weighted by atomic mass is 10.3. The number of nitrogens with two attached hydrogens (primary N) is 1. The molecule has 62 valence electrons. The summed E-state index contributed by atoms with van der Waals surface area (Å²) in [6.45, 7) is 2.12. The Hall–Kier alpha value is -0.900. The molecule has 0 bridgehead atoms. The lowest BCUT2D eigenvalue weighted by Gasteiger charge is -2.20. The summed E-state index contributed by atoms with van der Waals surface area (Å²) in [5, 5.41) is 0. The Labute approximate surface area is 65.3 Å². The molecule has 1 rings (SSSR count). The molecule has 0 aromatic heterocycles. The molecule has 4 heteroatoms. The van der Waals surface area contributed by atoms with Crippen molar-refractivity contribution in [3.63, 3.8) is 0 Å². The van der Waals surface area contributed by atoms with Crippen molar-refractivity contribution in [2.24, 2.45) is 5.73 Å². The molecule has 1 saturated heterocycles. The van der Waals surface area contributed by atoms with Crippen LogP contribution in [0.25, 0.3) is 0 Å². The smallest absolute Gasteiger partial charge is 0.229 e. The highest BCUT2D eigenvalue weighted by Gasteiger charge is 2.31. The fourth-order valence-electron chi connectivity index (χ4n) is 1.19. The molecule has 0 saturated carbocycles. The monoisotopic (exact) mass is 156 g/mol. The van der Waals surface area contributed by atoms with Gasteiger partial charge in [0.25, 0.3) is 0 Å². The van der Waals surface area contributed by atoms with Crippen molar-refractivity contribution in [3.8, 4) is 0 Å². The second kappa shape index (κ2) is 3.00. The minimum absolute atomic E-state index is 0.0899. The van der Waals surface area contributed by atoms with Crippen LogP contribution in [0.4, 0.5) is 0 Å². The highest BCUT2D eigenvalue weighted by atomic mass is 16.2. The zero-order valence-electron chi connectivity index (χ0n) is 6.54. The van der Waals surface area contributed by atoms with Gasteiger partial charge < -0.3 is 5.73 Å². The van der Waals surface area contributed by atoms with E-state index in [0.29, 0.717) is 19.4 Å². The van der Waals surface area contributed by atoms with Gasteiger partial charge in [0.2, 0.25) is 11.8 Å². The number of nitrogens with zero attached hydrogens (tertiary/aromatic N) is 1. The normalized spacial score (nSPS) is 21.1. The fraction of sp³-hybridized carbons (Fsp3) is 0.714. The minimum atomic E-state index is -0.141. The molecular formula is C7H12N2O2. The Morgan fingerprint density at radius 2 is 1.91 bits per heavy atom. The first-order valence-corrected chi connectivity index (χ1v) is 3.71. The summed E-state index contributed by atoms with van der Waals surface area (Å²) in [6, 6.07) is -0.141. The molecule has 4 nitrogen and oxygen atoms in total. The number of hydrogen-bond donors (Lipinski definition) is 1. The third-order valence-corrected chi connectivity index (χ3v) is 1.87. The van der Waals surface area contributed by atoms with E-state index in [-0.39, 0.29) is 17.9 Å². The molecule has 0 aliphatic carbocycles. The van der Waals surface area contributed by atoms with Gasteiger partial charge in [-0.25, -0.2) is 0 Å². The average molecular weight is 156 g/mol. The summed E-state index contributed by atoms with van der Waals surface area (Å²) < 4.78 is 0. The van der Waals surface area contributed by atoms with Crippen molar-refractivity contribution in [3.05, 3.63) is 0 Å². The summed E-state index contributed by atoms with van der Waals surface area (Å²) in [5.41, 5.74) is 5.33. The Morgan fingerprint density at radius 3 is 2.27 bits per heavy atom. The molecule has 1 atom stereocenters. The van der Waals surface area contributed by atoms with Crippen LogP contribution < -0.4 is 5.73 Å². The third-order valence-electron chi connectivity index (χ3n) is 1.87. The van der Waals surface area contributed by atoms with E-state index >= 15 is 0 Å². The number of rotatable bonds is 2. The second-order valence-electron chi connectivity index (χ2n) is 2.74. The lowest BCUT2D eigenvalue weighted by molar-refractivity contribution is -0.140. The highest BCUT2D eigenvalue weighted by molar-refractivity contribution is 6.02.